The molecule has 2 aromatic rings. The number of para-hydroxylation sites is 1. The Morgan fingerprint density at radius 2 is 2.00 bits per heavy atom. The third-order valence-corrected chi connectivity index (χ3v) is 3.72. The van der Waals surface area contributed by atoms with Crippen LogP contribution in [-0.2, 0) is 0 Å². The molecule has 0 aliphatic carbocycles. The lowest BCUT2D eigenvalue weighted by atomic mass is 10.1. The zero-order valence-corrected chi connectivity index (χ0v) is 13.9. The summed E-state index contributed by atoms with van der Waals surface area (Å²) in [6.07, 6.45) is 2.74. The Morgan fingerprint density at radius 3 is 2.67 bits per heavy atom. The minimum Gasteiger partial charge on any atom is -0.459 e. The standard InChI is InChI=1S/C18H22N2O4/c1-13(7-5-11-21)19-17(22)14-8-3-4-9-15(14)20(2)18(23)16-10-6-12-24-16/h3-4,6,8-10,12-13,21H,5,7,11H2,1-2H3,(H,19,22). The largest absolute Gasteiger partial charge is 0.459 e. The average molecular weight is 330 g/mol. The highest BCUT2D eigenvalue weighted by molar-refractivity contribution is 6.09. The molecule has 0 aliphatic rings. The lowest BCUT2D eigenvalue weighted by molar-refractivity contribution is 0.0937. The molecular weight excluding hydrogens is 308 g/mol. The van der Waals surface area contributed by atoms with E-state index in [0.29, 0.717) is 24.1 Å². The van der Waals surface area contributed by atoms with Crippen molar-refractivity contribution >= 4 is 17.5 Å². The number of aliphatic hydroxyl groups excluding tert-OH is 1. The fourth-order valence-corrected chi connectivity index (χ4v) is 2.40. The van der Waals surface area contributed by atoms with Gasteiger partial charge in [0.05, 0.1) is 17.5 Å². The van der Waals surface area contributed by atoms with Gasteiger partial charge in [0.25, 0.3) is 11.8 Å². The van der Waals surface area contributed by atoms with E-state index in [9.17, 15) is 9.59 Å². The lowest BCUT2D eigenvalue weighted by Gasteiger charge is -2.20. The van der Waals surface area contributed by atoms with E-state index < -0.39 is 0 Å². The molecule has 0 spiro atoms. The predicted molar refractivity (Wildman–Crippen MR) is 91.1 cm³/mol. The van der Waals surface area contributed by atoms with Crippen LogP contribution in [0.15, 0.2) is 47.1 Å². The molecule has 128 valence electrons. The maximum Gasteiger partial charge on any atom is 0.293 e. The Morgan fingerprint density at radius 1 is 1.25 bits per heavy atom. The highest BCUT2D eigenvalue weighted by Crippen LogP contribution is 2.21. The number of amides is 2. The van der Waals surface area contributed by atoms with Crippen LogP contribution in [0, 0.1) is 0 Å². The van der Waals surface area contributed by atoms with Crippen LogP contribution in [-0.4, -0.2) is 36.6 Å². The number of hydrogen-bond donors (Lipinski definition) is 2. The van der Waals surface area contributed by atoms with Crippen molar-refractivity contribution in [1.82, 2.24) is 5.32 Å². The van der Waals surface area contributed by atoms with Crippen molar-refractivity contribution in [2.75, 3.05) is 18.6 Å². The molecule has 0 bridgehead atoms. The minimum atomic E-state index is -0.325. The summed E-state index contributed by atoms with van der Waals surface area (Å²) >= 11 is 0. The van der Waals surface area contributed by atoms with Gasteiger partial charge in [-0.05, 0) is 44.0 Å². The van der Waals surface area contributed by atoms with Crippen molar-refractivity contribution in [3.8, 4) is 0 Å². The van der Waals surface area contributed by atoms with Crippen molar-refractivity contribution in [3.63, 3.8) is 0 Å². The molecule has 1 atom stereocenters. The van der Waals surface area contributed by atoms with Gasteiger partial charge in [0.15, 0.2) is 5.76 Å². The summed E-state index contributed by atoms with van der Waals surface area (Å²) in [6, 6.07) is 10.1. The fourth-order valence-electron chi connectivity index (χ4n) is 2.40. The normalized spacial score (nSPS) is 11.8. The second-order valence-corrected chi connectivity index (χ2v) is 5.60. The molecule has 6 nitrogen and oxygen atoms in total. The second-order valence-electron chi connectivity index (χ2n) is 5.60. The molecule has 1 unspecified atom stereocenters. The Hall–Kier alpha value is -2.60. The number of hydrogen-bond acceptors (Lipinski definition) is 4. The molecule has 2 amide bonds. The first-order valence-electron chi connectivity index (χ1n) is 7.87. The number of carbonyl (C=O) groups is 2. The van der Waals surface area contributed by atoms with Crippen molar-refractivity contribution in [3.05, 3.63) is 54.0 Å². The van der Waals surface area contributed by atoms with E-state index in [1.165, 1.54) is 11.2 Å². The van der Waals surface area contributed by atoms with Gasteiger partial charge < -0.3 is 19.7 Å². The van der Waals surface area contributed by atoms with Gasteiger partial charge >= 0.3 is 0 Å². The van der Waals surface area contributed by atoms with E-state index in [4.69, 9.17) is 9.52 Å². The molecule has 0 saturated heterocycles. The molecule has 2 rings (SSSR count). The number of aliphatic hydroxyl groups is 1. The van der Waals surface area contributed by atoms with Crippen LogP contribution in [0.2, 0.25) is 0 Å². The second kappa shape index (κ2) is 8.31. The van der Waals surface area contributed by atoms with Gasteiger partial charge in [-0.15, -0.1) is 0 Å². The van der Waals surface area contributed by atoms with Crippen LogP contribution >= 0.6 is 0 Å². The minimum absolute atomic E-state index is 0.0659. The Kier molecular flexibility index (Phi) is 6.14. The summed E-state index contributed by atoms with van der Waals surface area (Å²) in [5.74, 6) is -0.368. The SMILES string of the molecule is CC(CCCO)NC(=O)c1ccccc1N(C)C(=O)c1ccco1. The number of furan rings is 1. The zero-order valence-electron chi connectivity index (χ0n) is 13.9. The van der Waals surface area contributed by atoms with E-state index in [1.807, 2.05) is 6.92 Å². The Balaban J connectivity index is 2.17. The van der Waals surface area contributed by atoms with Crippen LogP contribution in [0.4, 0.5) is 5.69 Å². The molecule has 0 radical (unpaired) electrons. The molecule has 1 aromatic heterocycles. The maximum atomic E-state index is 12.5. The smallest absolute Gasteiger partial charge is 0.293 e. The first kappa shape index (κ1) is 17.7. The van der Waals surface area contributed by atoms with E-state index in [2.05, 4.69) is 5.32 Å². The number of carbonyl (C=O) groups excluding carboxylic acids is 2. The number of nitrogens with zero attached hydrogens (tertiary/aromatic N) is 1. The quantitative estimate of drug-likeness (QED) is 0.817. The molecule has 1 heterocycles. The van der Waals surface area contributed by atoms with Crippen molar-refractivity contribution < 1.29 is 19.1 Å². The van der Waals surface area contributed by atoms with Gasteiger partial charge in [-0.25, -0.2) is 0 Å². The van der Waals surface area contributed by atoms with Crippen LogP contribution in [0.5, 0.6) is 0 Å². The molecule has 0 fully saturated rings. The van der Waals surface area contributed by atoms with Gasteiger partial charge in [-0.2, -0.15) is 0 Å². The van der Waals surface area contributed by atoms with Crippen molar-refractivity contribution in [2.45, 2.75) is 25.8 Å². The number of benzene rings is 1. The van der Waals surface area contributed by atoms with Crippen LogP contribution in [0.1, 0.15) is 40.7 Å². The van der Waals surface area contributed by atoms with Crippen molar-refractivity contribution in [2.24, 2.45) is 0 Å². The van der Waals surface area contributed by atoms with Gasteiger partial charge in [0, 0.05) is 19.7 Å². The topological polar surface area (TPSA) is 82.8 Å². The van der Waals surface area contributed by atoms with Gasteiger partial charge in [0.2, 0.25) is 0 Å². The highest BCUT2D eigenvalue weighted by atomic mass is 16.3. The number of anilines is 1. The number of rotatable bonds is 7. The first-order valence-corrected chi connectivity index (χ1v) is 7.87. The third-order valence-electron chi connectivity index (χ3n) is 3.72. The summed E-state index contributed by atoms with van der Waals surface area (Å²) < 4.78 is 5.13. The molecule has 6 heteroatoms. The molecular formula is C18H22N2O4. The van der Waals surface area contributed by atoms with Gasteiger partial charge in [-0.1, -0.05) is 12.1 Å². The van der Waals surface area contributed by atoms with Crippen LogP contribution in [0.3, 0.4) is 0 Å². The Bertz CT molecular complexity index is 682. The summed E-state index contributed by atoms with van der Waals surface area (Å²) in [7, 11) is 1.60. The zero-order chi connectivity index (χ0) is 17.5. The van der Waals surface area contributed by atoms with E-state index >= 15 is 0 Å². The van der Waals surface area contributed by atoms with Crippen LogP contribution < -0.4 is 10.2 Å². The van der Waals surface area contributed by atoms with Gasteiger partial charge in [-0.3, -0.25) is 9.59 Å². The highest BCUT2D eigenvalue weighted by Gasteiger charge is 2.21. The van der Waals surface area contributed by atoms with Crippen molar-refractivity contribution in [1.29, 1.82) is 0 Å². The predicted octanol–water partition coefficient (Wildman–Crippen LogP) is 2.45. The van der Waals surface area contributed by atoms with Gasteiger partial charge in [0.1, 0.15) is 0 Å². The first-order chi connectivity index (χ1) is 11.5. The average Bonchev–Trinajstić information content (AvgIpc) is 3.13. The molecule has 24 heavy (non-hydrogen) atoms. The summed E-state index contributed by atoms with van der Waals surface area (Å²) in [5.41, 5.74) is 0.918. The fraction of sp³-hybridized carbons (Fsp3) is 0.333. The summed E-state index contributed by atoms with van der Waals surface area (Å²) in [5, 5.41) is 11.8. The summed E-state index contributed by atoms with van der Waals surface area (Å²) in [6.45, 7) is 1.98. The maximum absolute atomic E-state index is 12.5. The number of nitrogens with one attached hydrogen (secondary N) is 1. The molecule has 0 aliphatic heterocycles. The van der Waals surface area contributed by atoms with E-state index in [1.54, 1.807) is 43.4 Å². The summed E-state index contributed by atoms with van der Waals surface area (Å²) in [4.78, 5) is 26.3. The monoisotopic (exact) mass is 330 g/mol. The van der Waals surface area contributed by atoms with E-state index in [-0.39, 0.29) is 30.2 Å². The lowest BCUT2D eigenvalue weighted by Crippen LogP contribution is -2.35. The molecule has 2 N–H and O–H groups in total. The third kappa shape index (κ3) is 4.23. The molecule has 1 aromatic carbocycles. The van der Waals surface area contributed by atoms with E-state index in [0.717, 1.165) is 0 Å². The molecule has 0 saturated carbocycles. The van der Waals surface area contributed by atoms with Crippen LogP contribution in [0.25, 0.3) is 0 Å². The Labute approximate surface area is 141 Å².